The molecule has 0 saturated carbocycles. The predicted molar refractivity (Wildman–Crippen MR) is 119 cm³/mol. The highest BCUT2D eigenvalue weighted by molar-refractivity contribution is 7.92. The standard InChI is InChI=1S/C23H28N4O2S/c1-23(2,3)17-12-14-18(15-13-17)30(28,29)26-20-10-7-6-9-19(20)22-25-24-21-11-5-4-8-16-27(21)22/h6-7,9-10,12-15,26H,4-5,8,11,16H2,1-3H3. The van der Waals surface area contributed by atoms with Crippen LogP contribution in [0.2, 0.25) is 0 Å². The Bertz CT molecular complexity index is 1140. The number of para-hydroxylation sites is 1. The zero-order valence-electron chi connectivity index (χ0n) is 17.7. The maximum absolute atomic E-state index is 13.1. The van der Waals surface area contributed by atoms with Crippen molar-refractivity contribution >= 4 is 15.7 Å². The van der Waals surface area contributed by atoms with Gasteiger partial charge in [0.25, 0.3) is 10.0 Å². The fraction of sp³-hybridized carbons (Fsp3) is 0.391. The second-order valence-corrected chi connectivity index (χ2v) is 10.5. The molecule has 0 unspecified atom stereocenters. The highest BCUT2D eigenvalue weighted by Crippen LogP contribution is 2.31. The Labute approximate surface area is 178 Å². The van der Waals surface area contributed by atoms with Crippen LogP contribution < -0.4 is 4.72 Å². The lowest BCUT2D eigenvalue weighted by molar-refractivity contribution is 0.587. The van der Waals surface area contributed by atoms with Crippen molar-refractivity contribution in [3.05, 3.63) is 59.9 Å². The fourth-order valence-corrected chi connectivity index (χ4v) is 4.87. The number of anilines is 1. The van der Waals surface area contributed by atoms with Gasteiger partial charge in [-0.05, 0) is 48.1 Å². The van der Waals surface area contributed by atoms with Crippen molar-refractivity contribution in [3.8, 4) is 11.4 Å². The van der Waals surface area contributed by atoms with Crippen LogP contribution in [0.25, 0.3) is 11.4 Å². The quantitative estimate of drug-likeness (QED) is 0.654. The Balaban J connectivity index is 1.67. The zero-order chi connectivity index (χ0) is 21.4. The number of fused-ring (bicyclic) bond motifs is 1. The molecule has 7 heteroatoms. The summed E-state index contributed by atoms with van der Waals surface area (Å²) in [5.74, 6) is 1.69. The van der Waals surface area contributed by atoms with Crippen LogP contribution in [0.4, 0.5) is 5.69 Å². The molecule has 4 rings (SSSR count). The molecule has 6 nitrogen and oxygen atoms in total. The van der Waals surface area contributed by atoms with E-state index in [0.717, 1.165) is 42.8 Å². The number of sulfonamides is 1. The van der Waals surface area contributed by atoms with E-state index in [2.05, 4.69) is 40.3 Å². The average Bonchev–Trinajstić information content (AvgIpc) is 2.95. The third-order valence-corrected chi connectivity index (χ3v) is 6.93. The molecule has 0 saturated heterocycles. The highest BCUT2D eigenvalue weighted by Gasteiger charge is 2.22. The lowest BCUT2D eigenvalue weighted by atomic mass is 9.87. The van der Waals surface area contributed by atoms with Crippen LogP contribution in [0.15, 0.2) is 53.4 Å². The Morgan fingerprint density at radius 3 is 2.40 bits per heavy atom. The summed E-state index contributed by atoms with van der Waals surface area (Å²) in [5, 5.41) is 8.75. The summed E-state index contributed by atoms with van der Waals surface area (Å²) in [7, 11) is -3.73. The number of hydrogen-bond donors (Lipinski definition) is 1. The Kier molecular flexibility index (Phi) is 5.40. The molecule has 30 heavy (non-hydrogen) atoms. The fourth-order valence-electron chi connectivity index (χ4n) is 3.79. The normalized spacial score (nSPS) is 14.8. The molecule has 158 valence electrons. The van der Waals surface area contributed by atoms with Gasteiger partial charge < -0.3 is 4.57 Å². The molecule has 0 atom stereocenters. The summed E-state index contributed by atoms with van der Waals surface area (Å²) in [4.78, 5) is 0.241. The number of nitrogens with one attached hydrogen (secondary N) is 1. The highest BCUT2D eigenvalue weighted by atomic mass is 32.2. The van der Waals surface area contributed by atoms with Crippen LogP contribution in [0, 0.1) is 0 Å². The third-order valence-electron chi connectivity index (χ3n) is 5.55. The van der Waals surface area contributed by atoms with E-state index in [9.17, 15) is 8.42 Å². The van der Waals surface area contributed by atoms with Crippen LogP contribution >= 0.6 is 0 Å². The van der Waals surface area contributed by atoms with Gasteiger partial charge >= 0.3 is 0 Å². The first-order chi connectivity index (χ1) is 14.3. The van der Waals surface area contributed by atoms with Crippen molar-refractivity contribution in [1.82, 2.24) is 14.8 Å². The molecule has 2 heterocycles. The molecular weight excluding hydrogens is 396 g/mol. The van der Waals surface area contributed by atoms with E-state index < -0.39 is 10.0 Å². The molecule has 1 aromatic heterocycles. The molecule has 0 amide bonds. The maximum atomic E-state index is 13.1. The Morgan fingerprint density at radius 2 is 1.67 bits per heavy atom. The van der Waals surface area contributed by atoms with Gasteiger partial charge in [0.2, 0.25) is 0 Å². The first-order valence-electron chi connectivity index (χ1n) is 10.4. The summed E-state index contributed by atoms with van der Waals surface area (Å²) in [6.07, 6.45) is 4.26. The maximum Gasteiger partial charge on any atom is 0.261 e. The molecule has 1 aliphatic rings. The van der Waals surface area contributed by atoms with Crippen LogP contribution in [-0.2, 0) is 28.4 Å². The molecular formula is C23H28N4O2S. The first-order valence-corrected chi connectivity index (χ1v) is 11.9. The van der Waals surface area contributed by atoms with E-state index in [0.29, 0.717) is 11.5 Å². The van der Waals surface area contributed by atoms with Crippen molar-refractivity contribution < 1.29 is 8.42 Å². The van der Waals surface area contributed by atoms with Crippen molar-refractivity contribution in [2.24, 2.45) is 0 Å². The largest absolute Gasteiger partial charge is 0.311 e. The molecule has 0 spiro atoms. The number of aromatic nitrogens is 3. The summed E-state index contributed by atoms with van der Waals surface area (Å²) >= 11 is 0. The second-order valence-electron chi connectivity index (χ2n) is 8.83. The van der Waals surface area contributed by atoms with E-state index in [1.54, 1.807) is 18.2 Å². The van der Waals surface area contributed by atoms with Crippen LogP contribution in [0.1, 0.15) is 51.4 Å². The van der Waals surface area contributed by atoms with E-state index in [-0.39, 0.29) is 10.3 Å². The average molecular weight is 425 g/mol. The third kappa shape index (κ3) is 4.12. The van der Waals surface area contributed by atoms with E-state index in [4.69, 9.17) is 0 Å². The minimum atomic E-state index is -3.73. The molecule has 0 radical (unpaired) electrons. The summed E-state index contributed by atoms with van der Waals surface area (Å²) in [5.41, 5.74) is 2.31. The van der Waals surface area contributed by atoms with Gasteiger partial charge in [-0.15, -0.1) is 10.2 Å². The number of hydrogen-bond acceptors (Lipinski definition) is 4. The van der Waals surface area contributed by atoms with Crippen molar-refractivity contribution in [1.29, 1.82) is 0 Å². The number of nitrogens with zero attached hydrogens (tertiary/aromatic N) is 3. The molecule has 2 aromatic carbocycles. The van der Waals surface area contributed by atoms with Crippen molar-refractivity contribution in [2.75, 3.05) is 4.72 Å². The number of rotatable bonds is 4. The smallest absolute Gasteiger partial charge is 0.261 e. The topological polar surface area (TPSA) is 76.9 Å². The minimum absolute atomic E-state index is 0.0339. The van der Waals surface area contributed by atoms with Crippen LogP contribution in [0.3, 0.4) is 0 Å². The zero-order valence-corrected chi connectivity index (χ0v) is 18.5. The second kappa shape index (κ2) is 7.87. The van der Waals surface area contributed by atoms with Gasteiger partial charge in [-0.3, -0.25) is 4.72 Å². The van der Waals surface area contributed by atoms with Gasteiger partial charge in [-0.2, -0.15) is 0 Å². The molecule has 3 aromatic rings. The van der Waals surface area contributed by atoms with E-state index in [1.807, 2.05) is 30.3 Å². The van der Waals surface area contributed by atoms with Crippen LogP contribution in [-0.4, -0.2) is 23.2 Å². The van der Waals surface area contributed by atoms with E-state index >= 15 is 0 Å². The van der Waals surface area contributed by atoms with E-state index in [1.165, 1.54) is 6.42 Å². The van der Waals surface area contributed by atoms with Crippen molar-refractivity contribution in [3.63, 3.8) is 0 Å². The molecule has 1 aliphatic heterocycles. The number of aryl methyl sites for hydroxylation is 1. The molecule has 0 bridgehead atoms. The predicted octanol–water partition coefficient (Wildman–Crippen LogP) is 4.77. The van der Waals surface area contributed by atoms with Crippen LogP contribution in [0.5, 0.6) is 0 Å². The molecule has 0 fully saturated rings. The summed E-state index contributed by atoms with van der Waals surface area (Å²) in [6.45, 7) is 7.17. The van der Waals surface area contributed by atoms with Gasteiger partial charge in [-0.1, -0.05) is 51.5 Å². The summed E-state index contributed by atoms with van der Waals surface area (Å²) < 4.78 is 31.0. The molecule has 0 aliphatic carbocycles. The number of benzene rings is 2. The Hall–Kier alpha value is -2.67. The molecule has 1 N–H and O–H groups in total. The lowest BCUT2D eigenvalue weighted by Crippen LogP contribution is -2.15. The summed E-state index contributed by atoms with van der Waals surface area (Å²) in [6, 6.07) is 14.5. The first kappa shape index (κ1) is 20.6. The van der Waals surface area contributed by atoms with Crippen molar-refractivity contribution in [2.45, 2.75) is 63.3 Å². The SMILES string of the molecule is CC(C)(C)c1ccc(S(=O)(=O)Nc2ccccc2-c2nnc3n2CCCCC3)cc1. The lowest BCUT2D eigenvalue weighted by Gasteiger charge is -2.19. The van der Waals surface area contributed by atoms with Gasteiger partial charge in [0.1, 0.15) is 5.82 Å². The monoisotopic (exact) mass is 424 g/mol. The van der Waals surface area contributed by atoms with Gasteiger partial charge in [0.15, 0.2) is 5.82 Å². The van der Waals surface area contributed by atoms with Gasteiger partial charge in [0, 0.05) is 18.5 Å². The van der Waals surface area contributed by atoms with Gasteiger partial charge in [0.05, 0.1) is 10.6 Å². The Morgan fingerprint density at radius 1 is 0.933 bits per heavy atom. The minimum Gasteiger partial charge on any atom is -0.311 e. The van der Waals surface area contributed by atoms with Gasteiger partial charge in [-0.25, -0.2) is 8.42 Å².